The topological polar surface area (TPSA) is 58.1 Å². The summed E-state index contributed by atoms with van der Waals surface area (Å²) in [5.41, 5.74) is 5.18. The van der Waals surface area contributed by atoms with Crippen LogP contribution in [0.5, 0.6) is 0 Å². The molecule has 1 N–H and O–H groups in total. The number of piperidine rings is 1. The van der Waals surface area contributed by atoms with E-state index in [1.54, 1.807) is 6.33 Å². The summed E-state index contributed by atoms with van der Waals surface area (Å²) in [6.07, 6.45) is 3.47. The summed E-state index contributed by atoms with van der Waals surface area (Å²) in [6.45, 7) is 5.68. The van der Waals surface area contributed by atoms with Crippen LogP contribution < -0.4 is 10.2 Å². The van der Waals surface area contributed by atoms with Gasteiger partial charge in [0.1, 0.15) is 12.1 Å². The lowest BCUT2D eigenvalue weighted by Crippen LogP contribution is -2.41. The molecule has 5 heteroatoms. The summed E-state index contributed by atoms with van der Waals surface area (Å²) in [5.74, 6) is 0.905. The van der Waals surface area contributed by atoms with Gasteiger partial charge in [-0.3, -0.25) is 4.79 Å². The van der Waals surface area contributed by atoms with Crippen molar-refractivity contribution >= 4 is 17.4 Å². The molecule has 4 rings (SSSR count). The Balaban J connectivity index is 1.48. The van der Waals surface area contributed by atoms with E-state index in [0.29, 0.717) is 6.54 Å². The molecule has 1 fully saturated rings. The second kappa shape index (κ2) is 8.43. The van der Waals surface area contributed by atoms with E-state index in [9.17, 15) is 4.79 Å². The number of hydrogen-bond acceptors (Lipinski definition) is 4. The van der Waals surface area contributed by atoms with Crippen molar-refractivity contribution < 1.29 is 4.79 Å². The zero-order valence-electron chi connectivity index (χ0n) is 16.9. The molecule has 0 spiro atoms. The van der Waals surface area contributed by atoms with Crippen LogP contribution in [-0.2, 0) is 4.79 Å². The van der Waals surface area contributed by atoms with E-state index < -0.39 is 0 Å². The largest absolute Gasteiger partial charge is 0.356 e. The molecule has 0 saturated carbocycles. The van der Waals surface area contributed by atoms with Crippen LogP contribution in [0.25, 0.3) is 11.3 Å². The Bertz CT molecular complexity index is 1000. The Morgan fingerprint density at radius 2 is 1.90 bits per heavy atom. The van der Waals surface area contributed by atoms with Crippen molar-refractivity contribution in [2.45, 2.75) is 26.7 Å². The number of carbonyl (C=O) groups is 1. The number of nitrogens with one attached hydrogen (secondary N) is 1. The van der Waals surface area contributed by atoms with Gasteiger partial charge in [0.25, 0.3) is 0 Å². The second-order valence-electron chi connectivity index (χ2n) is 7.65. The Morgan fingerprint density at radius 3 is 2.72 bits per heavy atom. The van der Waals surface area contributed by atoms with E-state index in [1.165, 1.54) is 5.56 Å². The van der Waals surface area contributed by atoms with E-state index in [2.05, 4.69) is 33.2 Å². The highest BCUT2D eigenvalue weighted by Gasteiger charge is 2.27. The fraction of sp³-hybridized carbons (Fsp3) is 0.292. The predicted molar refractivity (Wildman–Crippen MR) is 117 cm³/mol. The summed E-state index contributed by atoms with van der Waals surface area (Å²) in [4.78, 5) is 24.0. The maximum Gasteiger partial charge on any atom is 0.229 e. The fourth-order valence-electron chi connectivity index (χ4n) is 3.81. The second-order valence-corrected chi connectivity index (χ2v) is 7.65. The third-order valence-corrected chi connectivity index (χ3v) is 5.70. The number of anilines is 2. The zero-order chi connectivity index (χ0) is 20.2. The van der Waals surface area contributed by atoms with Gasteiger partial charge in [-0.15, -0.1) is 0 Å². The first-order valence-electron chi connectivity index (χ1n) is 10.1. The van der Waals surface area contributed by atoms with Crippen LogP contribution in [0.3, 0.4) is 0 Å². The standard InChI is InChI=1S/C24H26N4O/c1-17-8-6-12-21(18(17)2)27-24(29)20-11-7-13-28(15-20)23-14-22(25-16-26-23)19-9-4-3-5-10-19/h3-6,8-10,12,14,16,20H,7,11,13,15H2,1-2H3,(H,27,29). The van der Waals surface area contributed by atoms with E-state index >= 15 is 0 Å². The first kappa shape index (κ1) is 19.1. The van der Waals surface area contributed by atoms with Crippen LogP contribution >= 0.6 is 0 Å². The first-order valence-corrected chi connectivity index (χ1v) is 10.1. The lowest BCUT2D eigenvalue weighted by Gasteiger charge is -2.33. The monoisotopic (exact) mass is 386 g/mol. The quantitative estimate of drug-likeness (QED) is 0.711. The minimum Gasteiger partial charge on any atom is -0.356 e. The lowest BCUT2D eigenvalue weighted by atomic mass is 9.96. The van der Waals surface area contributed by atoms with Gasteiger partial charge in [-0.1, -0.05) is 42.5 Å². The van der Waals surface area contributed by atoms with Gasteiger partial charge in [0.15, 0.2) is 0 Å². The summed E-state index contributed by atoms with van der Waals surface area (Å²) >= 11 is 0. The molecule has 0 radical (unpaired) electrons. The van der Waals surface area contributed by atoms with Crippen molar-refractivity contribution in [3.63, 3.8) is 0 Å². The van der Waals surface area contributed by atoms with Crippen molar-refractivity contribution in [1.29, 1.82) is 0 Å². The Labute approximate surface area is 171 Å². The van der Waals surface area contributed by atoms with E-state index in [1.807, 2.05) is 55.5 Å². The molecule has 0 aliphatic carbocycles. The Morgan fingerprint density at radius 1 is 1.07 bits per heavy atom. The maximum absolute atomic E-state index is 12.9. The highest BCUT2D eigenvalue weighted by molar-refractivity contribution is 5.93. The van der Waals surface area contributed by atoms with Crippen molar-refractivity contribution in [1.82, 2.24) is 9.97 Å². The van der Waals surface area contributed by atoms with Gasteiger partial charge in [-0.25, -0.2) is 9.97 Å². The number of nitrogens with zero attached hydrogens (tertiary/aromatic N) is 3. The van der Waals surface area contributed by atoms with Gasteiger partial charge in [0.2, 0.25) is 5.91 Å². The van der Waals surface area contributed by atoms with Gasteiger partial charge in [0, 0.05) is 30.4 Å². The molecule has 1 saturated heterocycles. The molecular formula is C24H26N4O. The average molecular weight is 386 g/mol. The lowest BCUT2D eigenvalue weighted by molar-refractivity contribution is -0.120. The molecule has 148 valence electrons. The molecule has 1 aliphatic heterocycles. The molecule has 1 amide bonds. The number of rotatable bonds is 4. The van der Waals surface area contributed by atoms with Crippen molar-refractivity contribution in [2.75, 3.05) is 23.3 Å². The number of benzene rings is 2. The average Bonchev–Trinajstić information content (AvgIpc) is 2.78. The number of hydrogen-bond donors (Lipinski definition) is 1. The minimum absolute atomic E-state index is 0.0567. The molecule has 5 nitrogen and oxygen atoms in total. The van der Waals surface area contributed by atoms with E-state index in [-0.39, 0.29) is 11.8 Å². The predicted octanol–water partition coefficient (Wildman–Crippen LogP) is 4.62. The van der Waals surface area contributed by atoms with Gasteiger partial charge in [-0.05, 0) is 43.9 Å². The number of amides is 1. The Hall–Kier alpha value is -3.21. The molecule has 1 aliphatic rings. The van der Waals surface area contributed by atoms with Crippen LogP contribution in [0.15, 0.2) is 60.9 Å². The maximum atomic E-state index is 12.9. The van der Waals surface area contributed by atoms with Crippen molar-refractivity contribution in [3.05, 3.63) is 72.1 Å². The Kier molecular flexibility index (Phi) is 5.56. The molecule has 0 bridgehead atoms. The van der Waals surface area contributed by atoms with E-state index in [0.717, 1.165) is 47.7 Å². The van der Waals surface area contributed by atoms with Gasteiger partial charge >= 0.3 is 0 Å². The van der Waals surface area contributed by atoms with Crippen LogP contribution in [0.4, 0.5) is 11.5 Å². The van der Waals surface area contributed by atoms with Gasteiger partial charge < -0.3 is 10.2 Å². The first-order chi connectivity index (χ1) is 14.1. The normalized spacial score (nSPS) is 16.5. The molecule has 2 heterocycles. The number of aryl methyl sites for hydroxylation is 1. The fourth-order valence-corrected chi connectivity index (χ4v) is 3.81. The van der Waals surface area contributed by atoms with E-state index in [4.69, 9.17) is 0 Å². The highest BCUT2D eigenvalue weighted by atomic mass is 16.1. The molecule has 29 heavy (non-hydrogen) atoms. The summed E-state index contributed by atoms with van der Waals surface area (Å²) in [6, 6.07) is 18.1. The summed E-state index contributed by atoms with van der Waals surface area (Å²) in [7, 11) is 0. The molecule has 3 aromatic rings. The minimum atomic E-state index is -0.0567. The molecular weight excluding hydrogens is 360 g/mol. The number of carbonyl (C=O) groups excluding carboxylic acids is 1. The SMILES string of the molecule is Cc1cccc(NC(=O)C2CCCN(c3cc(-c4ccccc4)ncn3)C2)c1C. The van der Waals surface area contributed by atoms with Gasteiger partial charge in [0.05, 0.1) is 11.6 Å². The van der Waals surface area contributed by atoms with Crippen LogP contribution in [0.1, 0.15) is 24.0 Å². The zero-order valence-corrected chi connectivity index (χ0v) is 16.9. The molecule has 1 atom stereocenters. The van der Waals surface area contributed by atoms with Crippen molar-refractivity contribution in [3.8, 4) is 11.3 Å². The summed E-state index contributed by atoms with van der Waals surface area (Å²) in [5, 5.41) is 3.13. The summed E-state index contributed by atoms with van der Waals surface area (Å²) < 4.78 is 0. The molecule has 1 unspecified atom stereocenters. The highest BCUT2D eigenvalue weighted by Crippen LogP contribution is 2.26. The van der Waals surface area contributed by atoms with Crippen LogP contribution in [0.2, 0.25) is 0 Å². The van der Waals surface area contributed by atoms with Crippen LogP contribution in [-0.4, -0.2) is 29.0 Å². The number of aromatic nitrogens is 2. The smallest absolute Gasteiger partial charge is 0.229 e. The van der Waals surface area contributed by atoms with Crippen molar-refractivity contribution in [2.24, 2.45) is 5.92 Å². The third kappa shape index (κ3) is 4.29. The van der Waals surface area contributed by atoms with Crippen LogP contribution in [0, 0.1) is 19.8 Å². The molecule has 2 aromatic carbocycles. The third-order valence-electron chi connectivity index (χ3n) is 5.70. The molecule has 1 aromatic heterocycles. The van der Waals surface area contributed by atoms with Gasteiger partial charge in [-0.2, -0.15) is 0 Å².